The molecule has 7 heteroatoms. The number of nitrogens with zero attached hydrogens (tertiary/aromatic N) is 4. The van der Waals surface area contributed by atoms with Crippen LogP contribution < -0.4 is 9.88 Å². The molecule has 5 aromatic rings. The van der Waals surface area contributed by atoms with Gasteiger partial charge in [0.05, 0.1) is 28.1 Å². The van der Waals surface area contributed by atoms with E-state index in [0.29, 0.717) is 5.57 Å². The van der Waals surface area contributed by atoms with Gasteiger partial charge in [-0.2, -0.15) is 9.83 Å². The summed E-state index contributed by atoms with van der Waals surface area (Å²) in [6.07, 6.45) is 5.79. The maximum absolute atomic E-state index is 9.69. The molecule has 0 amide bonds. The summed E-state index contributed by atoms with van der Waals surface area (Å²) in [4.78, 5) is 5.47. The van der Waals surface area contributed by atoms with Crippen molar-refractivity contribution in [2.75, 3.05) is 5.32 Å². The fraction of sp³-hybridized carbons (Fsp3) is 0.138. The van der Waals surface area contributed by atoms with Crippen molar-refractivity contribution >= 4 is 55.6 Å². The molecule has 1 aliphatic heterocycles. The lowest BCUT2D eigenvalue weighted by Crippen LogP contribution is -2.34. The van der Waals surface area contributed by atoms with Gasteiger partial charge in [-0.25, -0.2) is 4.98 Å². The maximum atomic E-state index is 9.69. The minimum atomic E-state index is 0.689. The van der Waals surface area contributed by atoms with Crippen LogP contribution in [0.25, 0.3) is 26.8 Å². The molecule has 6 rings (SSSR count). The number of aromatic nitrogens is 3. The van der Waals surface area contributed by atoms with E-state index in [-0.39, 0.29) is 0 Å². The fourth-order valence-corrected chi connectivity index (χ4v) is 6.25. The Morgan fingerprint density at radius 2 is 1.83 bits per heavy atom. The summed E-state index contributed by atoms with van der Waals surface area (Å²) in [5, 5.41) is 15.1. The Labute approximate surface area is 219 Å². The highest BCUT2D eigenvalue weighted by atomic mass is 32.2. The molecule has 36 heavy (non-hydrogen) atoms. The van der Waals surface area contributed by atoms with E-state index in [4.69, 9.17) is 0 Å². The molecule has 178 valence electrons. The van der Waals surface area contributed by atoms with Crippen molar-refractivity contribution in [3.05, 3.63) is 101 Å². The van der Waals surface area contributed by atoms with Crippen LogP contribution in [0.3, 0.4) is 0 Å². The number of allylic oxidation sites excluding steroid dienone is 3. The van der Waals surface area contributed by atoms with Crippen LogP contribution in [0.5, 0.6) is 0 Å². The number of benzene rings is 3. The summed E-state index contributed by atoms with van der Waals surface area (Å²) < 4.78 is 5.54. The number of fused-ring (bicyclic) bond motifs is 3. The number of aryl methyl sites for hydroxylation is 2. The van der Waals surface area contributed by atoms with Gasteiger partial charge in [0.2, 0.25) is 5.52 Å². The molecule has 0 saturated heterocycles. The molecule has 1 N–H and O–H groups in total. The van der Waals surface area contributed by atoms with E-state index in [9.17, 15) is 5.26 Å². The van der Waals surface area contributed by atoms with Crippen LogP contribution in [0.1, 0.15) is 18.9 Å². The lowest BCUT2D eigenvalue weighted by Gasteiger charge is -1.96. The van der Waals surface area contributed by atoms with Gasteiger partial charge in [-0.1, -0.05) is 59.5 Å². The first kappa shape index (κ1) is 23.9. The Morgan fingerprint density at radius 1 is 1.06 bits per heavy atom. The van der Waals surface area contributed by atoms with Crippen LogP contribution >= 0.6 is 23.1 Å². The van der Waals surface area contributed by atoms with Crippen molar-refractivity contribution in [3.63, 3.8) is 0 Å². The van der Waals surface area contributed by atoms with Crippen LogP contribution in [0.4, 0.5) is 5.69 Å². The predicted molar refractivity (Wildman–Crippen MR) is 151 cm³/mol. The Morgan fingerprint density at radius 3 is 2.64 bits per heavy atom. The van der Waals surface area contributed by atoms with E-state index >= 15 is 0 Å². The molecule has 2 aromatic heterocycles. The summed E-state index contributed by atoms with van der Waals surface area (Å²) >= 11 is 3.36. The first-order chi connectivity index (χ1) is 17.7. The van der Waals surface area contributed by atoms with Gasteiger partial charge < -0.3 is 9.88 Å². The minimum absolute atomic E-state index is 0.689. The molecule has 0 spiro atoms. The first-order valence-corrected chi connectivity index (χ1v) is 13.5. The van der Waals surface area contributed by atoms with Gasteiger partial charge >= 0.3 is 0 Å². The molecule has 0 unspecified atom stereocenters. The number of anilines is 1. The highest BCUT2D eigenvalue weighted by Gasteiger charge is 2.22. The van der Waals surface area contributed by atoms with E-state index < -0.39 is 0 Å². The Bertz CT molecular complexity index is 1610. The normalized spacial score (nSPS) is 13.8. The zero-order chi connectivity index (χ0) is 24.9. The average molecular weight is 509 g/mol. The van der Waals surface area contributed by atoms with Gasteiger partial charge in [0.15, 0.2) is 0 Å². The molecular weight excluding hydrogens is 482 g/mol. The van der Waals surface area contributed by atoms with Gasteiger partial charge in [0.1, 0.15) is 22.9 Å². The molecule has 3 aromatic carbocycles. The van der Waals surface area contributed by atoms with Crippen molar-refractivity contribution in [2.45, 2.75) is 31.8 Å². The van der Waals surface area contributed by atoms with Gasteiger partial charge in [0, 0.05) is 17.5 Å². The zero-order valence-corrected chi connectivity index (χ0v) is 21.8. The molecule has 5 nitrogen and oxygen atoms in total. The highest BCUT2D eigenvalue weighted by molar-refractivity contribution is 8.03. The summed E-state index contributed by atoms with van der Waals surface area (Å²) in [5.74, 6) is 0. The van der Waals surface area contributed by atoms with Gasteiger partial charge in [0.25, 0.3) is 5.01 Å². The maximum Gasteiger partial charge on any atom is 0.280 e. The number of hydrogen-bond donors (Lipinski definition) is 1. The minimum Gasteiger partial charge on any atom is -0.349 e. The third kappa shape index (κ3) is 4.78. The smallest absolute Gasteiger partial charge is 0.280 e. The number of thioether (sulfide) groups is 1. The Kier molecular flexibility index (Phi) is 7.17. The molecule has 1 aliphatic rings. The lowest BCUT2D eigenvalue weighted by atomic mass is 10.2. The number of thiazole rings is 1. The number of nitriles is 1. The summed E-state index contributed by atoms with van der Waals surface area (Å²) in [6, 6.07) is 27.0. The second-order valence-electron chi connectivity index (χ2n) is 8.08. The fourth-order valence-electron chi connectivity index (χ4n) is 4.14. The second-order valence-corrected chi connectivity index (χ2v) is 10.2. The lowest BCUT2D eigenvalue weighted by molar-refractivity contribution is -0.665. The van der Waals surface area contributed by atoms with Gasteiger partial charge in [-0.3, -0.25) is 0 Å². The predicted octanol–water partition coefficient (Wildman–Crippen LogP) is 7.23. The van der Waals surface area contributed by atoms with Crippen LogP contribution in [-0.2, 0) is 13.1 Å². The summed E-state index contributed by atoms with van der Waals surface area (Å²) in [7, 11) is 0. The van der Waals surface area contributed by atoms with Gasteiger partial charge in [-0.05, 0) is 56.3 Å². The van der Waals surface area contributed by atoms with Crippen LogP contribution in [0, 0.1) is 11.3 Å². The third-order valence-corrected chi connectivity index (χ3v) is 8.14. The molecule has 0 atom stereocenters. The van der Waals surface area contributed by atoms with Gasteiger partial charge in [-0.15, -0.1) is 0 Å². The molecule has 0 radical (unpaired) electrons. The molecule has 0 aliphatic carbocycles. The van der Waals surface area contributed by atoms with E-state index in [0.717, 1.165) is 34.3 Å². The van der Waals surface area contributed by atoms with Crippen LogP contribution in [-0.4, -0.2) is 9.55 Å². The monoisotopic (exact) mass is 508 g/mol. The van der Waals surface area contributed by atoms with E-state index in [1.54, 1.807) is 23.1 Å². The molecular formula is C29H26N5S2+. The number of para-hydroxylation sites is 4. The number of rotatable bonds is 4. The first-order valence-electron chi connectivity index (χ1n) is 11.9. The molecule has 3 heterocycles. The van der Waals surface area contributed by atoms with E-state index in [1.165, 1.54) is 20.6 Å². The Hall–Kier alpha value is -3.86. The molecule has 0 fully saturated rings. The van der Waals surface area contributed by atoms with Crippen LogP contribution in [0.15, 0.2) is 101 Å². The number of imidazole rings is 1. The average Bonchev–Trinajstić information content (AvgIpc) is 3.63. The van der Waals surface area contributed by atoms with Crippen molar-refractivity contribution in [3.8, 4) is 6.07 Å². The van der Waals surface area contributed by atoms with Crippen molar-refractivity contribution in [1.82, 2.24) is 9.55 Å². The number of nitrogens with one attached hydrogen (secondary N) is 1. The zero-order valence-electron chi connectivity index (χ0n) is 20.2. The number of hydrogen-bond acceptors (Lipinski definition) is 5. The molecule has 0 saturated carbocycles. The summed E-state index contributed by atoms with van der Waals surface area (Å²) in [6.45, 7) is 6.06. The SMILES string of the molecule is CC[n+]1c(C(C#N)=CC=C2Nc3ccccc3S2)sc2ccccc21.CCn1cnc2ccccc21. The summed E-state index contributed by atoms with van der Waals surface area (Å²) in [5.41, 5.74) is 5.29. The quantitative estimate of drug-likeness (QED) is 0.205. The van der Waals surface area contributed by atoms with Crippen molar-refractivity contribution < 1.29 is 4.57 Å². The standard InChI is InChI=1S/C20H15N3S2.C9H10N2/c1-2-23-16-8-4-6-10-18(16)25-20(23)14(13-21)11-12-19-22-15-7-3-5-9-17(15)24-19;1-2-11-7-10-8-5-3-4-6-9(8)11/h3-12H,2H2,1H3;3-7H,2H2,1H3/p+1. The third-order valence-electron chi connectivity index (χ3n) is 5.91. The molecule has 0 bridgehead atoms. The van der Waals surface area contributed by atoms with Crippen molar-refractivity contribution in [2.24, 2.45) is 0 Å². The highest BCUT2D eigenvalue weighted by Crippen LogP contribution is 2.40. The van der Waals surface area contributed by atoms with Crippen molar-refractivity contribution in [1.29, 1.82) is 5.26 Å². The van der Waals surface area contributed by atoms with E-state index in [2.05, 4.69) is 69.7 Å². The van der Waals surface area contributed by atoms with Crippen LogP contribution in [0.2, 0.25) is 0 Å². The second kappa shape index (κ2) is 10.8. The topological polar surface area (TPSA) is 57.5 Å². The Balaban J connectivity index is 0.000000202. The largest absolute Gasteiger partial charge is 0.349 e. The van der Waals surface area contributed by atoms with E-state index in [1.807, 2.05) is 60.9 Å².